The van der Waals surface area contributed by atoms with E-state index in [1.54, 1.807) is 18.2 Å². The van der Waals surface area contributed by atoms with Crippen molar-refractivity contribution in [1.82, 2.24) is 4.90 Å². The number of benzene rings is 2. The SMILES string of the molecule is CN1CCOC(C(Oc2ccccc2[N+](=O)[O-])c2ccccc2)C1. The highest BCUT2D eigenvalue weighted by atomic mass is 16.6. The van der Waals surface area contributed by atoms with E-state index in [4.69, 9.17) is 9.47 Å². The van der Waals surface area contributed by atoms with Crippen molar-refractivity contribution in [3.05, 3.63) is 70.3 Å². The summed E-state index contributed by atoms with van der Waals surface area (Å²) < 4.78 is 12.0. The van der Waals surface area contributed by atoms with Crippen molar-refractivity contribution in [3.63, 3.8) is 0 Å². The van der Waals surface area contributed by atoms with Gasteiger partial charge in [0.15, 0.2) is 11.9 Å². The molecule has 1 heterocycles. The molecule has 6 nitrogen and oxygen atoms in total. The van der Waals surface area contributed by atoms with E-state index in [9.17, 15) is 10.1 Å². The molecule has 0 saturated carbocycles. The lowest BCUT2D eigenvalue weighted by molar-refractivity contribution is -0.386. The number of ether oxygens (including phenoxy) is 2. The van der Waals surface area contributed by atoms with Crippen LogP contribution in [0.1, 0.15) is 11.7 Å². The molecular weight excluding hydrogens is 308 g/mol. The first kappa shape index (κ1) is 16.4. The molecular formula is C18H20N2O4. The van der Waals surface area contributed by atoms with Crippen LogP contribution in [0.25, 0.3) is 0 Å². The monoisotopic (exact) mass is 328 g/mol. The zero-order valence-corrected chi connectivity index (χ0v) is 13.5. The highest BCUT2D eigenvalue weighted by Crippen LogP contribution is 2.33. The van der Waals surface area contributed by atoms with Crippen molar-refractivity contribution in [2.24, 2.45) is 0 Å². The molecule has 2 aromatic rings. The van der Waals surface area contributed by atoms with Gasteiger partial charge in [0.1, 0.15) is 6.10 Å². The van der Waals surface area contributed by atoms with Crippen LogP contribution in [0.3, 0.4) is 0 Å². The normalized spacial score (nSPS) is 19.6. The highest BCUT2D eigenvalue weighted by Gasteiger charge is 2.31. The molecule has 3 rings (SSSR count). The van der Waals surface area contributed by atoms with E-state index in [1.165, 1.54) is 6.07 Å². The molecule has 2 aromatic carbocycles. The van der Waals surface area contributed by atoms with Crippen molar-refractivity contribution in [2.75, 3.05) is 26.7 Å². The fourth-order valence-electron chi connectivity index (χ4n) is 2.84. The minimum atomic E-state index is -0.425. The Morgan fingerprint density at radius 2 is 1.92 bits per heavy atom. The van der Waals surface area contributed by atoms with Crippen LogP contribution in [0.2, 0.25) is 0 Å². The Morgan fingerprint density at radius 3 is 2.62 bits per heavy atom. The van der Waals surface area contributed by atoms with Gasteiger partial charge >= 0.3 is 5.69 Å². The molecule has 0 amide bonds. The largest absolute Gasteiger partial charge is 0.476 e. The predicted molar refractivity (Wildman–Crippen MR) is 90.1 cm³/mol. The third-order valence-corrected chi connectivity index (χ3v) is 4.08. The Balaban J connectivity index is 1.92. The number of nitro benzene ring substituents is 1. The second-order valence-corrected chi connectivity index (χ2v) is 5.85. The van der Waals surface area contributed by atoms with Gasteiger partial charge in [-0.3, -0.25) is 10.1 Å². The molecule has 0 N–H and O–H groups in total. The van der Waals surface area contributed by atoms with Crippen LogP contribution in [-0.2, 0) is 4.74 Å². The maximum Gasteiger partial charge on any atom is 0.310 e. The molecule has 2 atom stereocenters. The first-order valence-corrected chi connectivity index (χ1v) is 7.90. The Kier molecular flexibility index (Phi) is 5.08. The van der Waals surface area contributed by atoms with E-state index in [2.05, 4.69) is 4.90 Å². The summed E-state index contributed by atoms with van der Waals surface area (Å²) in [5.74, 6) is 0.258. The summed E-state index contributed by atoms with van der Waals surface area (Å²) in [7, 11) is 2.03. The summed E-state index contributed by atoms with van der Waals surface area (Å²) in [4.78, 5) is 13.0. The van der Waals surface area contributed by atoms with E-state index in [1.807, 2.05) is 37.4 Å². The molecule has 2 unspecified atom stereocenters. The molecule has 24 heavy (non-hydrogen) atoms. The van der Waals surface area contributed by atoms with E-state index in [-0.39, 0.29) is 17.5 Å². The summed E-state index contributed by atoms with van der Waals surface area (Å²) in [5.41, 5.74) is 0.901. The van der Waals surface area contributed by atoms with E-state index in [0.29, 0.717) is 13.2 Å². The van der Waals surface area contributed by atoms with E-state index in [0.717, 1.165) is 12.1 Å². The van der Waals surface area contributed by atoms with Crippen molar-refractivity contribution < 1.29 is 14.4 Å². The maximum absolute atomic E-state index is 11.3. The average Bonchev–Trinajstić information content (AvgIpc) is 2.60. The number of hydrogen-bond donors (Lipinski definition) is 0. The number of morpholine rings is 1. The van der Waals surface area contributed by atoms with Crippen LogP contribution in [0.15, 0.2) is 54.6 Å². The van der Waals surface area contributed by atoms with Gasteiger partial charge in [0, 0.05) is 19.2 Å². The number of nitrogens with zero attached hydrogens (tertiary/aromatic N) is 2. The summed E-state index contributed by atoms with van der Waals surface area (Å²) in [5, 5.41) is 11.3. The number of nitro groups is 1. The lowest BCUT2D eigenvalue weighted by Gasteiger charge is -2.35. The quantitative estimate of drug-likeness (QED) is 0.623. The van der Waals surface area contributed by atoms with Gasteiger partial charge in [0.2, 0.25) is 0 Å². The van der Waals surface area contributed by atoms with Gasteiger partial charge in [-0.15, -0.1) is 0 Å². The number of rotatable bonds is 5. The van der Waals surface area contributed by atoms with Crippen LogP contribution < -0.4 is 4.74 Å². The minimum Gasteiger partial charge on any atom is -0.476 e. The maximum atomic E-state index is 11.3. The second kappa shape index (κ2) is 7.42. The third-order valence-electron chi connectivity index (χ3n) is 4.08. The Hall–Kier alpha value is -2.44. The van der Waals surface area contributed by atoms with Gasteiger partial charge in [-0.1, -0.05) is 42.5 Å². The minimum absolute atomic E-state index is 0.0393. The molecule has 6 heteroatoms. The van der Waals surface area contributed by atoms with E-state index >= 15 is 0 Å². The molecule has 126 valence electrons. The van der Waals surface area contributed by atoms with Crippen molar-refractivity contribution in [2.45, 2.75) is 12.2 Å². The number of para-hydroxylation sites is 2. The first-order valence-electron chi connectivity index (χ1n) is 7.90. The Morgan fingerprint density at radius 1 is 1.21 bits per heavy atom. The van der Waals surface area contributed by atoms with Gasteiger partial charge in [-0.25, -0.2) is 0 Å². The molecule has 1 saturated heterocycles. The third kappa shape index (κ3) is 3.72. The molecule has 0 aromatic heterocycles. The van der Waals surface area contributed by atoms with Gasteiger partial charge in [0.25, 0.3) is 0 Å². The second-order valence-electron chi connectivity index (χ2n) is 5.85. The van der Waals surface area contributed by atoms with Gasteiger partial charge in [0.05, 0.1) is 11.5 Å². The lowest BCUT2D eigenvalue weighted by atomic mass is 10.0. The van der Waals surface area contributed by atoms with Crippen molar-refractivity contribution >= 4 is 5.69 Å². The standard InChI is InChI=1S/C18H20N2O4/c1-19-11-12-23-17(13-19)18(14-7-3-2-4-8-14)24-16-10-6-5-9-15(16)20(21)22/h2-10,17-18H,11-13H2,1H3. The molecule has 0 radical (unpaired) electrons. The molecule has 1 aliphatic heterocycles. The molecule has 1 aliphatic rings. The predicted octanol–water partition coefficient (Wildman–Crippen LogP) is 3.05. The van der Waals surface area contributed by atoms with Crippen LogP contribution in [0, 0.1) is 10.1 Å². The fourth-order valence-corrected chi connectivity index (χ4v) is 2.84. The van der Waals surface area contributed by atoms with Gasteiger partial charge in [-0.2, -0.15) is 0 Å². The summed E-state index contributed by atoms with van der Waals surface area (Å²) in [6.45, 7) is 2.19. The Labute approximate surface area is 140 Å². The average molecular weight is 328 g/mol. The first-order chi connectivity index (χ1) is 11.6. The molecule has 0 aliphatic carbocycles. The summed E-state index contributed by atoms with van der Waals surface area (Å²) in [6.07, 6.45) is -0.596. The molecule has 0 spiro atoms. The van der Waals surface area contributed by atoms with Gasteiger partial charge in [-0.05, 0) is 18.7 Å². The summed E-state index contributed by atoms with van der Waals surface area (Å²) >= 11 is 0. The zero-order valence-electron chi connectivity index (χ0n) is 13.5. The van der Waals surface area contributed by atoms with Gasteiger partial charge < -0.3 is 14.4 Å². The number of likely N-dealkylation sites (N-methyl/N-ethyl adjacent to an activating group) is 1. The summed E-state index contributed by atoms with van der Waals surface area (Å²) in [6, 6.07) is 16.1. The van der Waals surface area contributed by atoms with Crippen molar-refractivity contribution in [1.29, 1.82) is 0 Å². The zero-order chi connectivity index (χ0) is 16.9. The Bertz CT molecular complexity index is 692. The smallest absolute Gasteiger partial charge is 0.310 e. The molecule has 1 fully saturated rings. The lowest BCUT2D eigenvalue weighted by Crippen LogP contribution is -2.44. The van der Waals surface area contributed by atoms with Crippen LogP contribution in [0.4, 0.5) is 5.69 Å². The van der Waals surface area contributed by atoms with Crippen LogP contribution >= 0.6 is 0 Å². The highest BCUT2D eigenvalue weighted by molar-refractivity contribution is 5.46. The van der Waals surface area contributed by atoms with Crippen LogP contribution in [-0.4, -0.2) is 42.7 Å². The molecule has 0 bridgehead atoms. The number of hydrogen-bond acceptors (Lipinski definition) is 5. The fraction of sp³-hybridized carbons (Fsp3) is 0.333. The van der Waals surface area contributed by atoms with Crippen LogP contribution in [0.5, 0.6) is 5.75 Å². The van der Waals surface area contributed by atoms with Crippen molar-refractivity contribution in [3.8, 4) is 5.75 Å². The van der Waals surface area contributed by atoms with E-state index < -0.39 is 11.0 Å². The topological polar surface area (TPSA) is 64.8 Å².